The lowest BCUT2D eigenvalue weighted by Crippen LogP contribution is -2.29. The van der Waals surface area contributed by atoms with Gasteiger partial charge < -0.3 is 0 Å². The van der Waals surface area contributed by atoms with Crippen molar-refractivity contribution in [1.29, 1.82) is 0 Å². The summed E-state index contributed by atoms with van der Waals surface area (Å²) >= 11 is 1.66. The van der Waals surface area contributed by atoms with Crippen molar-refractivity contribution in [2.45, 2.75) is 59.4 Å². The topological polar surface area (TPSA) is 52.0 Å². The highest BCUT2D eigenvalue weighted by molar-refractivity contribution is 7.18. The third-order valence-electron chi connectivity index (χ3n) is 5.51. The minimum absolute atomic E-state index is 0.0365. The molecule has 5 heteroatoms. The second-order valence-electron chi connectivity index (χ2n) is 7.43. The van der Waals surface area contributed by atoms with E-state index in [4.69, 9.17) is 4.98 Å². The van der Waals surface area contributed by atoms with Crippen molar-refractivity contribution >= 4 is 27.3 Å². The minimum atomic E-state index is -0.0416. The van der Waals surface area contributed by atoms with Gasteiger partial charge in [0.1, 0.15) is 10.7 Å². The molecule has 2 aromatic heterocycles. The Kier molecular flexibility index (Phi) is 4.72. The van der Waals surface area contributed by atoms with Crippen molar-refractivity contribution < 1.29 is 4.79 Å². The fraction of sp³-hybridized carbons (Fsp3) is 0.409. The number of carbonyl (C=O) groups is 1. The molecule has 4 nitrogen and oxygen atoms in total. The standard InChI is InChI=1S/C22H24N2O2S/c1-4-6-19-23-21-20(16-7-5-8-18(16)27-21)22(26)24(19)12-17(25)15-10-9-13(2)14(3)11-15/h9-11H,4-8,12H2,1-3H3. The maximum Gasteiger partial charge on any atom is 0.262 e. The first-order valence-electron chi connectivity index (χ1n) is 9.64. The van der Waals surface area contributed by atoms with Crippen molar-refractivity contribution in [2.75, 3.05) is 0 Å². The molecular weight excluding hydrogens is 356 g/mol. The largest absolute Gasteiger partial charge is 0.292 e. The number of Topliss-reactive ketones (excluding diaryl/α,β-unsaturated/α-hetero) is 1. The quantitative estimate of drug-likeness (QED) is 0.617. The first-order valence-corrected chi connectivity index (χ1v) is 10.5. The molecule has 140 valence electrons. The normalized spacial score (nSPS) is 13.3. The van der Waals surface area contributed by atoms with Crippen LogP contribution in [0.25, 0.3) is 10.2 Å². The molecular formula is C22H24N2O2S. The number of hydrogen-bond acceptors (Lipinski definition) is 4. The molecule has 0 amide bonds. The predicted molar refractivity (Wildman–Crippen MR) is 110 cm³/mol. The maximum atomic E-state index is 13.3. The van der Waals surface area contributed by atoms with Crippen molar-refractivity contribution in [2.24, 2.45) is 0 Å². The van der Waals surface area contributed by atoms with Gasteiger partial charge in [0.05, 0.1) is 11.9 Å². The van der Waals surface area contributed by atoms with Gasteiger partial charge in [0.2, 0.25) is 0 Å². The van der Waals surface area contributed by atoms with Crippen LogP contribution < -0.4 is 5.56 Å². The molecule has 0 fully saturated rings. The number of nitrogens with zero attached hydrogens (tertiary/aromatic N) is 2. The fourth-order valence-electron chi connectivity index (χ4n) is 3.85. The first kappa shape index (κ1) is 18.1. The first-order chi connectivity index (χ1) is 13.0. The molecule has 27 heavy (non-hydrogen) atoms. The van der Waals surface area contributed by atoms with Crippen LogP contribution in [0.5, 0.6) is 0 Å². The molecule has 0 saturated heterocycles. The molecule has 0 aliphatic heterocycles. The maximum absolute atomic E-state index is 13.3. The van der Waals surface area contributed by atoms with Gasteiger partial charge in [-0.25, -0.2) is 4.98 Å². The molecule has 1 aliphatic rings. The number of rotatable bonds is 5. The number of hydrogen-bond donors (Lipinski definition) is 0. The van der Waals surface area contributed by atoms with Gasteiger partial charge in [0.15, 0.2) is 5.78 Å². The molecule has 0 atom stereocenters. The molecule has 0 radical (unpaired) electrons. The predicted octanol–water partition coefficient (Wildman–Crippen LogP) is 4.40. The summed E-state index contributed by atoms with van der Waals surface area (Å²) in [6, 6.07) is 5.73. The van der Waals surface area contributed by atoms with Crippen LogP contribution in [0.4, 0.5) is 0 Å². The fourth-order valence-corrected chi connectivity index (χ4v) is 5.12. The van der Waals surface area contributed by atoms with E-state index in [1.165, 1.54) is 10.4 Å². The third kappa shape index (κ3) is 3.14. The van der Waals surface area contributed by atoms with Gasteiger partial charge in [-0.1, -0.05) is 19.1 Å². The van der Waals surface area contributed by atoms with E-state index in [-0.39, 0.29) is 17.9 Å². The monoisotopic (exact) mass is 380 g/mol. The average molecular weight is 381 g/mol. The molecule has 1 aromatic carbocycles. The molecule has 3 aromatic rings. The molecule has 4 rings (SSSR count). The van der Waals surface area contributed by atoms with Crippen molar-refractivity contribution in [3.63, 3.8) is 0 Å². The van der Waals surface area contributed by atoms with Crippen LogP contribution >= 0.6 is 11.3 Å². The third-order valence-corrected chi connectivity index (χ3v) is 6.69. The van der Waals surface area contributed by atoms with Crippen molar-refractivity contribution in [3.8, 4) is 0 Å². The Morgan fingerprint density at radius 2 is 2.04 bits per heavy atom. The number of aromatic nitrogens is 2. The Morgan fingerprint density at radius 1 is 1.22 bits per heavy atom. The van der Waals surface area contributed by atoms with E-state index in [9.17, 15) is 9.59 Å². The van der Waals surface area contributed by atoms with Crippen LogP contribution in [-0.2, 0) is 25.8 Å². The zero-order valence-corrected chi connectivity index (χ0v) is 16.9. The van der Waals surface area contributed by atoms with E-state index < -0.39 is 0 Å². The van der Waals surface area contributed by atoms with Gasteiger partial charge in [0.25, 0.3) is 5.56 Å². The van der Waals surface area contributed by atoms with Crippen LogP contribution in [0.2, 0.25) is 0 Å². The summed E-state index contributed by atoms with van der Waals surface area (Å²) in [5.74, 6) is 0.692. The van der Waals surface area contributed by atoms with E-state index >= 15 is 0 Å². The van der Waals surface area contributed by atoms with E-state index in [2.05, 4.69) is 6.92 Å². The van der Waals surface area contributed by atoms with Gasteiger partial charge in [-0.05, 0) is 62.3 Å². The number of carbonyl (C=O) groups excluding carboxylic acids is 1. The van der Waals surface area contributed by atoms with Crippen LogP contribution in [-0.4, -0.2) is 15.3 Å². The summed E-state index contributed by atoms with van der Waals surface area (Å²) in [7, 11) is 0. The number of benzene rings is 1. The molecule has 0 unspecified atom stereocenters. The summed E-state index contributed by atoms with van der Waals surface area (Å²) in [5.41, 5.74) is 4.03. The van der Waals surface area contributed by atoms with Crippen LogP contribution in [0, 0.1) is 13.8 Å². The lowest BCUT2D eigenvalue weighted by Gasteiger charge is -2.12. The van der Waals surface area contributed by atoms with Crippen molar-refractivity contribution in [1.82, 2.24) is 9.55 Å². The van der Waals surface area contributed by atoms with Gasteiger partial charge in [0, 0.05) is 16.9 Å². The van der Waals surface area contributed by atoms with Crippen LogP contribution in [0.1, 0.15) is 57.5 Å². The minimum Gasteiger partial charge on any atom is -0.292 e. The molecule has 2 heterocycles. The number of aryl methyl sites for hydroxylation is 5. The summed E-state index contributed by atoms with van der Waals surface area (Å²) in [6.45, 7) is 6.16. The smallest absolute Gasteiger partial charge is 0.262 e. The van der Waals surface area contributed by atoms with Gasteiger partial charge in [-0.3, -0.25) is 14.2 Å². The number of thiophene rings is 1. The molecule has 0 saturated carbocycles. The molecule has 0 spiro atoms. The van der Waals surface area contributed by atoms with E-state index in [0.717, 1.165) is 52.9 Å². The lowest BCUT2D eigenvalue weighted by atomic mass is 10.0. The summed E-state index contributed by atoms with van der Waals surface area (Å²) in [5, 5.41) is 0.750. The average Bonchev–Trinajstić information content (AvgIpc) is 3.21. The summed E-state index contributed by atoms with van der Waals surface area (Å²) in [4.78, 5) is 33.2. The van der Waals surface area contributed by atoms with Crippen molar-refractivity contribution in [3.05, 3.63) is 61.5 Å². The number of ketones is 1. The molecule has 0 bridgehead atoms. The second kappa shape index (κ2) is 7.04. The van der Waals surface area contributed by atoms with Crippen LogP contribution in [0.3, 0.4) is 0 Å². The molecule has 0 N–H and O–H groups in total. The van der Waals surface area contributed by atoms with E-state index in [0.29, 0.717) is 12.0 Å². The Hall–Kier alpha value is -2.27. The summed E-state index contributed by atoms with van der Waals surface area (Å²) in [6.07, 6.45) is 4.69. The van der Waals surface area contributed by atoms with E-state index in [1.54, 1.807) is 15.9 Å². The zero-order chi connectivity index (χ0) is 19.1. The highest BCUT2D eigenvalue weighted by Gasteiger charge is 2.23. The Bertz CT molecular complexity index is 1110. The molecule has 1 aliphatic carbocycles. The van der Waals surface area contributed by atoms with Gasteiger partial charge >= 0.3 is 0 Å². The Labute approximate surface area is 162 Å². The number of fused-ring (bicyclic) bond motifs is 3. The Morgan fingerprint density at radius 3 is 2.78 bits per heavy atom. The van der Waals surface area contributed by atoms with E-state index in [1.807, 2.05) is 32.0 Å². The highest BCUT2D eigenvalue weighted by Crippen LogP contribution is 2.34. The van der Waals surface area contributed by atoms with Crippen LogP contribution in [0.15, 0.2) is 23.0 Å². The second-order valence-corrected chi connectivity index (χ2v) is 8.51. The SMILES string of the molecule is CCCc1nc2sc3c(c2c(=O)n1CC(=O)c1ccc(C)c(C)c1)CCC3. The lowest BCUT2D eigenvalue weighted by molar-refractivity contribution is 0.0969. The Balaban J connectivity index is 1.80. The van der Waals surface area contributed by atoms with Gasteiger partial charge in [-0.2, -0.15) is 0 Å². The van der Waals surface area contributed by atoms with Gasteiger partial charge in [-0.15, -0.1) is 11.3 Å². The highest BCUT2D eigenvalue weighted by atomic mass is 32.1. The zero-order valence-electron chi connectivity index (χ0n) is 16.1. The summed E-state index contributed by atoms with van der Waals surface area (Å²) < 4.78 is 1.62.